The summed E-state index contributed by atoms with van der Waals surface area (Å²) in [5.41, 5.74) is 1.15. The zero-order valence-electron chi connectivity index (χ0n) is 10.5. The SMILES string of the molecule is CCOC(=O)C[C@H](C)COCc1ccccc1. The average molecular weight is 236 g/mol. The van der Waals surface area contributed by atoms with E-state index in [-0.39, 0.29) is 11.9 Å². The van der Waals surface area contributed by atoms with Gasteiger partial charge in [0.05, 0.1) is 26.2 Å². The minimum atomic E-state index is -0.150. The lowest BCUT2D eigenvalue weighted by molar-refractivity contribution is -0.144. The largest absolute Gasteiger partial charge is 0.466 e. The summed E-state index contributed by atoms with van der Waals surface area (Å²) >= 11 is 0. The molecule has 0 aromatic heterocycles. The molecule has 3 heteroatoms. The fraction of sp³-hybridized carbons (Fsp3) is 0.500. The standard InChI is InChI=1S/C14H20O3/c1-3-17-14(15)9-12(2)10-16-11-13-7-5-4-6-8-13/h4-8,12H,3,9-11H2,1-2H3/t12-/m0/s1. The summed E-state index contributed by atoms with van der Waals surface area (Å²) in [4.78, 5) is 11.2. The van der Waals surface area contributed by atoms with Gasteiger partial charge in [0.2, 0.25) is 0 Å². The van der Waals surface area contributed by atoms with Crippen molar-refractivity contribution in [3.63, 3.8) is 0 Å². The maximum Gasteiger partial charge on any atom is 0.306 e. The number of carbonyl (C=O) groups is 1. The third kappa shape index (κ3) is 6.07. The molecule has 0 saturated carbocycles. The summed E-state index contributed by atoms with van der Waals surface area (Å²) < 4.78 is 10.4. The molecular weight excluding hydrogens is 216 g/mol. The van der Waals surface area contributed by atoms with E-state index in [9.17, 15) is 4.79 Å². The molecule has 0 amide bonds. The van der Waals surface area contributed by atoms with E-state index >= 15 is 0 Å². The molecule has 0 N–H and O–H groups in total. The van der Waals surface area contributed by atoms with Gasteiger partial charge in [0.15, 0.2) is 0 Å². The molecule has 17 heavy (non-hydrogen) atoms. The van der Waals surface area contributed by atoms with Crippen LogP contribution >= 0.6 is 0 Å². The highest BCUT2D eigenvalue weighted by Gasteiger charge is 2.09. The van der Waals surface area contributed by atoms with Crippen LogP contribution in [0.4, 0.5) is 0 Å². The van der Waals surface area contributed by atoms with Crippen LogP contribution in [0.25, 0.3) is 0 Å². The van der Waals surface area contributed by atoms with Gasteiger partial charge in [-0.1, -0.05) is 37.3 Å². The number of carbonyl (C=O) groups excluding carboxylic acids is 1. The Hall–Kier alpha value is -1.35. The molecule has 1 aromatic rings. The van der Waals surface area contributed by atoms with Gasteiger partial charge in [-0.05, 0) is 18.4 Å². The summed E-state index contributed by atoms with van der Waals surface area (Å²) in [5.74, 6) is 0.0427. The van der Waals surface area contributed by atoms with Gasteiger partial charge in [0, 0.05) is 0 Å². The molecule has 1 aromatic carbocycles. The number of ether oxygens (including phenoxy) is 2. The first-order valence-electron chi connectivity index (χ1n) is 5.99. The molecule has 0 bridgehead atoms. The normalized spacial score (nSPS) is 12.1. The van der Waals surface area contributed by atoms with E-state index in [4.69, 9.17) is 9.47 Å². The maximum atomic E-state index is 11.2. The van der Waals surface area contributed by atoms with Crippen LogP contribution in [-0.2, 0) is 20.9 Å². The topological polar surface area (TPSA) is 35.5 Å². The zero-order chi connectivity index (χ0) is 12.5. The van der Waals surface area contributed by atoms with E-state index in [0.717, 1.165) is 5.56 Å². The van der Waals surface area contributed by atoms with Crippen LogP contribution in [0.15, 0.2) is 30.3 Å². The van der Waals surface area contributed by atoms with Crippen LogP contribution in [-0.4, -0.2) is 19.2 Å². The number of hydrogen-bond donors (Lipinski definition) is 0. The van der Waals surface area contributed by atoms with E-state index in [2.05, 4.69) is 0 Å². The van der Waals surface area contributed by atoms with Gasteiger partial charge in [-0.15, -0.1) is 0 Å². The smallest absolute Gasteiger partial charge is 0.306 e. The van der Waals surface area contributed by atoms with Crippen LogP contribution < -0.4 is 0 Å². The Balaban J connectivity index is 2.16. The predicted octanol–water partition coefficient (Wildman–Crippen LogP) is 2.79. The van der Waals surface area contributed by atoms with E-state index in [1.807, 2.05) is 44.2 Å². The quantitative estimate of drug-likeness (QED) is 0.683. The molecule has 3 nitrogen and oxygen atoms in total. The molecule has 0 heterocycles. The predicted molar refractivity (Wildman–Crippen MR) is 66.5 cm³/mol. The van der Waals surface area contributed by atoms with Crippen molar-refractivity contribution < 1.29 is 14.3 Å². The minimum absolute atomic E-state index is 0.150. The Morgan fingerprint density at radius 2 is 2.00 bits per heavy atom. The summed E-state index contributed by atoms with van der Waals surface area (Å²) in [6, 6.07) is 10.0. The molecule has 0 radical (unpaired) electrons. The summed E-state index contributed by atoms with van der Waals surface area (Å²) in [7, 11) is 0. The number of hydrogen-bond acceptors (Lipinski definition) is 3. The first-order chi connectivity index (χ1) is 8.22. The van der Waals surface area contributed by atoms with Gasteiger partial charge >= 0.3 is 5.97 Å². The van der Waals surface area contributed by atoms with E-state index in [1.165, 1.54) is 0 Å². The highest BCUT2D eigenvalue weighted by molar-refractivity contribution is 5.69. The molecule has 0 aliphatic rings. The summed E-state index contributed by atoms with van der Waals surface area (Å²) in [5, 5.41) is 0. The average Bonchev–Trinajstić information content (AvgIpc) is 2.30. The summed E-state index contributed by atoms with van der Waals surface area (Å²) in [6.07, 6.45) is 0.419. The first kappa shape index (κ1) is 13.7. The van der Waals surface area contributed by atoms with E-state index < -0.39 is 0 Å². The first-order valence-corrected chi connectivity index (χ1v) is 5.99. The van der Waals surface area contributed by atoms with Crippen LogP contribution in [0.3, 0.4) is 0 Å². The number of rotatable bonds is 7. The Morgan fingerprint density at radius 3 is 2.65 bits per heavy atom. The van der Waals surface area contributed by atoms with E-state index in [1.54, 1.807) is 0 Å². The Bertz CT molecular complexity index is 321. The van der Waals surface area contributed by atoms with Crippen molar-refractivity contribution in [1.29, 1.82) is 0 Å². The van der Waals surface area contributed by atoms with Gasteiger partial charge in [0.25, 0.3) is 0 Å². The van der Waals surface area contributed by atoms with Crippen molar-refractivity contribution in [2.75, 3.05) is 13.2 Å². The van der Waals surface area contributed by atoms with Gasteiger partial charge < -0.3 is 9.47 Å². The zero-order valence-corrected chi connectivity index (χ0v) is 10.5. The third-order valence-electron chi connectivity index (χ3n) is 2.33. The fourth-order valence-corrected chi connectivity index (χ4v) is 1.52. The molecule has 0 unspecified atom stereocenters. The van der Waals surface area contributed by atoms with Crippen molar-refractivity contribution in [1.82, 2.24) is 0 Å². The summed E-state index contributed by atoms with van der Waals surface area (Å²) in [6.45, 7) is 5.41. The third-order valence-corrected chi connectivity index (χ3v) is 2.33. The van der Waals surface area contributed by atoms with E-state index in [0.29, 0.717) is 26.2 Å². The van der Waals surface area contributed by atoms with Crippen molar-refractivity contribution in [3.8, 4) is 0 Å². The Labute approximate surface area is 103 Å². The lowest BCUT2D eigenvalue weighted by Gasteiger charge is -2.11. The van der Waals surface area contributed by atoms with Gasteiger partial charge in [-0.25, -0.2) is 0 Å². The molecule has 0 aliphatic heterocycles. The lowest BCUT2D eigenvalue weighted by atomic mass is 10.1. The van der Waals surface area contributed by atoms with Crippen molar-refractivity contribution in [3.05, 3.63) is 35.9 Å². The molecular formula is C14H20O3. The lowest BCUT2D eigenvalue weighted by Crippen LogP contribution is -2.13. The van der Waals surface area contributed by atoms with Crippen LogP contribution in [0.2, 0.25) is 0 Å². The molecule has 1 atom stereocenters. The molecule has 0 saturated heterocycles. The van der Waals surface area contributed by atoms with Gasteiger partial charge in [-0.2, -0.15) is 0 Å². The maximum absolute atomic E-state index is 11.2. The molecule has 0 spiro atoms. The van der Waals surface area contributed by atoms with Crippen molar-refractivity contribution in [2.45, 2.75) is 26.9 Å². The number of esters is 1. The fourth-order valence-electron chi connectivity index (χ4n) is 1.52. The Kier molecular flexibility index (Phi) is 6.33. The van der Waals surface area contributed by atoms with Gasteiger partial charge in [0.1, 0.15) is 0 Å². The second-order valence-corrected chi connectivity index (χ2v) is 4.12. The molecule has 0 fully saturated rings. The van der Waals surface area contributed by atoms with Crippen LogP contribution in [0.5, 0.6) is 0 Å². The van der Waals surface area contributed by atoms with Crippen LogP contribution in [0.1, 0.15) is 25.8 Å². The molecule has 0 aliphatic carbocycles. The number of benzene rings is 1. The molecule has 1 rings (SSSR count). The minimum Gasteiger partial charge on any atom is -0.466 e. The highest BCUT2D eigenvalue weighted by Crippen LogP contribution is 2.07. The van der Waals surface area contributed by atoms with Crippen LogP contribution in [0, 0.1) is 5.92 Å². The van der Waals surface area contributed by atoms with Crippen molar-refractivity contribution >= 4 is 5.97 Å². The monoisotopic (exact) mass is 236 g/mol. The van der Waals surface area contributed by atoms with Gasteiger partial charge in [-0.3, -0.25) is 4.79 Å². The highest BCUT2D eigenvalue weighted by atomic mass is 16.5. The second-order valence-electron chi connectivity index (χ2n) is 4.12. The second kappa shape index (κ2) is 7.85. The Morgan fingerprint density at radius 1 is 1.29 bits per heavy atom. The molecule has 94 valence electrons. The van der Waals surface area contributed by atoms with Crippen molar-refractivity contribution in [2.24, 2.45) is 5.92 Å².